The van der Waals surface area contributed by atoms with E-state index < -0.39 is 6.17 Å². The standard InChI is InChI=1S/C11H14FN/c1-13-7-9-6-8-4-2-3-5-10(8)11(9)12/h2-5,9,11,13H,6-7H2,1H3. The van der Waals surface area contributed by atoms with Gasteiger partial charge >= 0.3 is 0 Å². The van der Waals surface area contributed by atoms with E-state index in [2.05, 4.69) is 5.32 Å². The average molecular weight is 179 g/mol. The lowest BCUT2D eigenvalue weighted by Gasteiger charge is -2.11. The van der Waals surface area contributed by atoms with Gasteiger partial charge in [-0.05, 0) is 24.6 Å². The molecule has 2 heteroatoms. The highest BCUT2D eigenvalue weighted by atomic mass is 19.1. The maximum Gasteiger partial charge on any atom is 0.130 e. The molecule has 2 unspecified atom stereocenters. The zero-order chi connectivity index (χ0) is 9.26. The molecule has 0 amide bonds. The van der Waals surface area contributed by atoms with Crippen LogP contribution in [0.15, 0.2) is 24.3 Å². The molecular weight excluding hydrogens is 165 g/mol. The third-order valence-electron chi connectivity index (χ3n) is 2.71. The molecule has 0 saturated carbocycles. The SMILES string of the molecule is CNCC1Cc2ccccc2C1F. The summed E-state index contributed by atoms with van der Waals surface area (Å²) in [6.45, 7) is 0.760. The smallest absolute Gasteiger partial charge is 0.130 e. The highest BCUT2D eigenvalue weighted by molar-refractivity contribution is 5.34. The first kappa shape index (κ1) is 8.70. The molecule has 0 spiro atoms. The molecule has 1 N–H and O–H groups in total. The summed E-state index contributed by atoms with van der Waals surface area (Å²) in [6.07, 6.45) is 0.0988. The van der Waals surface area contributed by atoms with E-state index in [0.717, 1.165) is 18.5 Å². The summed E-state index contributed by atoms with van der Waals surface area (Å²) in [5.41, 5.74) is 2.07. The summed E-state index contributed by atoms with van der Waals surface area (Å²) >= 11 is 0. The first-order valence-electron chi connectivity index (χ1n) is 4.69. The topological polar surface area (TPSA) is 12.0 Å². The van der Waals surface area contributed by atoms with E-state index >= 15 is 0 Å². The van der Waals surface area contributed by atoms with E-state index in [1.165, 1.54) is 5.56 Å². The first-order valence-corrected chi connectivity index (χ1v) is 4.69. The van der Waals surface area contributed by atoms with Crippen LogP contribution in [0.3, 0.4) is 0 Å². The molecule has 13 heavy (non-hydrogen) atoms. The minimum absolute atomic E-state index is 0.127. The van der Waals surface area contributed by atoms with E-state index in [4.69, 9.17) is 0 Å². The van der Waals surface area contributed by atoms with Crippen LogP contribution in [0, 0.1) is 5.92 Å². The Bertz CT molecular complexity index is 298. The Balaban J connectivity index is 2.22. The minimum Gasteiger partial charge on any atom is -0.319 e. The Hall–Kier alpha value is -0.890. The molecule has 70 valence electrons. The largest absolute Gasteiger partial charge is 0.319 e. The van der Waals surface area contributed by atoms with Crippen LogP contribution in [0.25, 0.3) is 0 Å². The molecule has 0 bridgehead atoms. The van der Waals surface area contributed by atoms with Crippen LogP contribution >= 0.6 is 0 Å². The second-order valence-corrected chi connectivity index (χ2v) is 3.62. The molecular formula is C11H14FN. The number of rotatable bonds is 2. The van der Waals surface area contributed by atoms with Crippen molar-refractivity contribution in [3.63, 3.8) is 0 Å². The lowest BCUT2D eigenvalue weighted by molar-refractivity contribution is 0.249. The molecule has 0 heterocycles. The highest BCUT2D eigenvalue weighted by Crippen LogP contribution is 2.38. The number of halogens is 1. The van der Waals surface area contributed by atoms with Crippen molar-refractivity contribution >= 4 is 0 Å². The average Bonchev–Trinajstić information content (AvgIpc) is 2.46. The molecule has 0 radical (unpaired) electrons. The summed E-state index contributed by atoms with van der Waals surface area (Å²) < 4.78 is 13.7. The Morgan fingerprint density at radius 2 is 2.23 bits per heavy atom. The summed E-state index contributed by atoms with van der Waals surface area (Å²) in [4.78, 5) is 0. The molecule has 1 aromatic rings. The van der Waals surface area contributed by atoms with E-state index in [9.17, 15) is 4.39 Å². The molecule has 0 aromatic heterocycles. The van der Waals surface area contributed by atoms with Gasteiger partial charge in [0.2, 0.25) is 0 Å². The molecule has 1 aliphatic rings. The Morgan fingerprint density at radius 3 is 2.92 bits per heavy atom. The van der Waals surface area contributed by atoms with Gasteiger partial charge in [-0.25, -0.2) is 4.39 Å². The minimum atomic E-state index is -0.774. The molecule has 2 rings (SSSR count). The first-order chi connectivity index (χ1) is 6.33. The fourth-order valence-electron chi connectivity index (χ4n) is 2.07. The monoisotopic (exact) mass is 179 g/mol. The second-order valence-electron chi connectivity index (χ2n) is 3.62. The van der Waals surface area contributed by atoms with Crippen molar-refractivity contribution in [3.05, 3.63) is 35.4 Å². The Kier molecular flexibility index (Phi) is 2.32. The number of nitrogens with one attached hydrogen (secondary N) is 1. The van der Waals surface area contributed by atoms with Gasteiger partial charge in [0.25, 0.3) is 0 Å². The summed E-state index contributed by atoms with van der Waals surface area (Å²) in [6, 6.07) is 7.81. The van der Waals surface area contributed by atoms with Crippen molar-refractivity contribution in [2.75, 3.05) is 13.6 Å². The molecule has 2 atom stereocenters. The second kappa shape index (κ2) is 3.46. The highest BCUT2D eigenvalue weighted by Gasteiger charge is 2.31. The number of fused-ring (bicyclic) bond motifs is 1. The maximum absolute atomic E-state index is 13.7. The van der Waals surface area contributed by atoms with Crippen LogP contribution in [0.1, 0.15) is 17.3 Å². The third-order valence-corrected chi connectivity index (χ3v) is 2.71. The van der Waals surface area contributed by atoms with Gasteiger partial charge in [-0.1, -0.05) is 24.3 Å². The van der Waals surface area contributed by atoms with Gasteiger partial charge in [0.1, 0.15) is 6.17 Å². The maximum atomic E-state index is 13.7. The predicted molar refractivity (Wildman–Crippen MR) is 51.4 cm³/mol. The number of alkyl halides is 1. The quantitative estimate of drug-likeness (QED) is 0.733. The van der Waals surface area contributed by atoms with E-state index in [-0.39, 0.29) is 5.92 Å². The van der Waals surface area contributed by atoms with Crippen molar-refractivity contribution in [2.45, 2.75) is 12.6 Å². The fraction of sp³-hybridized carbons (Fsp3) is 0.455. The van der Waals surface area contributed by atoms with Crippen molar-refractivity contribution in [1.29, 1.82) is 0 Å². The Morgan fingerprint density at radius 1 is 1.46 bits per heavy atom. The van der Waals surface area contributed by atoms with Gasteiger partial charge in [0, 0.05) is 12.5 Å². The van der Waals surface area contributed by atoms with Crippen LogP contribution in [0.4, 0.5) is 4.39 Å². The third kappa shape index (κ3) is 1.46. The van der Waals surface area contributed by atoms with Gasteiger partial charge in [0.15, 0.2) is 0 Å². The van der Waals surface area contributed by atoms with E-state index in [0.29, 0.717) is 0 Å². The van der Waals surface area contributed by atoms with Gasteiger partial charge < -0.3 is 5.32 Å². The van der Waals surface area contributed by atoms with Crippen LogP contribution in [0.2, 0.25) is 0 Å². The molecule has 0 saturated heterocycles. The van der Waals surface area contributed by atoms with Crippen LogP contribution < -0.4 is 5.32 Å². The summed E-state index contributed by atoms with van der Waals surface area (Å²) in [5.74, 6) is 0.127. The number of hydrogen-bond donors (Lipinski definition) is 1. The van der Waals surface area contributed by atoms with Gasteiger partial charge in [-0.2, -0.15) is 0 Å². The van der Waals surface area contributed by atoms with Crippen molar-refractivity contribution in [3.8, 4) is 0 Å². The van der Waals surface area contributed by atoms with Crippen LogP contribution in [-0.4, -0.2) is 13.6 Å². The summed E-state index contributed by atoms with van der Waals surface area (Å²) in [5, 5.41) is 3.03. The van der Waals surface area contributed by atoms with Gasteiger partial charge in [-0.15, -0.1) is 0 Å². The molecule has 0 aliphatic heterocycles. The predicted octanol–water partition coefficient (Wildman–Crippen LogP) is 2.09. The van der Waals surface area contributed by atoms with Gasteiger partial charge in [-0.3, -0.25) is 0 Å². The summed E-state index contributed by atoms with van der Waals surface area (Å²) in [7, 11) is 1.87. The lowest BCUT2D eigenvalue weighted by atomic mass is 10.1. The van der Waals surface area contributed by atoms with Crippen LogP contribution in [0.5, 0.6) is 0 Å². The normalized spacial score (nSPS) is 26.0. The van der Waals surface area contributed by atoms with Crippen molar-refractivity contribution < 1.29 is 4.39 Å². The molecule has 1 aromatic carbocycles. The zero-order valence-corrected chi connectivity index (χ0v) is 7.76. The van der Waals surface area contributed by atoms with Gasteiger partial charge in [0.05, 0.1) is 0 Å². The number of hydrogen-bond acceptors (Lipinski definition) is 1. The van der Waals surface area contributed by atoms with E-state index in [1.807, 2.05) is 31.3 Å². The Labute approximate surface area is 78.0 Å². The van der Waals surface area contributed by atoms with Crippen molar-refractivity contribution in [1.82, 2.24) is 5.32 Å². The van der Waals surface area contributed by atoms with E-state index in [1.54, 1.807) is 0 Å². The molecule has 1 aliphatic carbocycles. The fourth-order valence-corrected chi connectivity index (χ4v) is 2.07. The van der Waals surface area contributed by atoms with Crippen LogP contribution in [-0.2, 0) is 6.42 Å². The molecule has 0 fully saturated rings. The molecule has 1 nitrogen and oxygen atoms in total. The zero-order valence-electron chi connectivity index (χ0n) is 7.76. The lowest BCUT2D eigenvalue weighted by Crippen LogP contribution is -2.20. The number of benzene rings is 1. The van der Waals surface area contributed by atoms with Crippen molar-refractivity contribution in [2.24, 2.45) is 5.92 Å².